The van der Waals surface area contributed by atoms with Crippen molar-refractivity contribution in [2.45, 2.75) is 19.4 Å². The lowest BCUT2D eigenvalue weighted by molar-refractivity contribution is 0.0298. The molecule has 0 bridgehead atoms. The smallest absolute Gasteiger partial charge is 0.274 e. The molecule has 0 N–H and O–H groups in total. The maximum absolute atomic E-state index is 12.9. The summed E-state index contributed by atoms with van der Waals surface area (Å²) in [7, 11) is -3.05. The van der Waals surface area contributed by atoms with Crippen molar-refractivity contribution in [2.24, 2.45) is 0 Å². The number of carbonyl (C=O) groups excluding carboxylic acids is 1. The summed E-state index contributed by atoms with van der Waals surface area (Å²) in [5, 5.41) is 4.55. The van der Waals surface area contributed by atoms with Crippen molar-refractivity contribution >= 4 is 15.7 Å². The second-order valence-electron chi connectivity index (χ2n) is 7.19. The van der Waals surface area contributed by atoms with Gasteiger partial charge in [0.05, 0.1) is 36.5 Å². The second-order valence-corrected chi connectivity index (χ2v) is 9.42. The average molecular weight is 389 g/mol. The molecule has 1 aromatic carbocycles. The van der Waals surface area contributed by atoms with E-state index in [1.165, 1.54) is 0 Å². The van der Waals surface area contributed by atoms with E-state index < -0.39 is 9.84 Å². The fourth-order valence-corrected chi connectivity index (χ4v) is 5.31. The van der Waals surface area contributed by atoms with E-state index in [2.05, 4.69) is 5.10 Å². The molecule has 3 heterocycles. The van der Waals surface area contributed by atoms with Crippen molar-refractivity contribution in [1.29, 1.82) is 0 Å². The van der Waals surface area contributed by atoms with Gasteiger partial charge in [-0.2, -0.15) is 5.10 Å². The first-order valence-electron chi connectivity index (χ1n) is 9.17. The van der Waals surface area contributed by atoms with Crippen molar-refractivity contribution in [3.63, 3.8) is 0 Å². The molecule has 0 unspecified atom stereocenters. The molecule has 4 rings (SSSR count). The van der Waals surface area contributed by atoms with Gasteiger partial charge in [0, 0.05) is 13.1 Å². The number of sulfone groups is 1. The highest BCUT2D eigenvalue weighted by Gasteiger charge is 2.32. The third-order valence-electron chi connectivity index (χ3n) is 5.15. The molecule has 27 heavy (non-hydrogen) atoms. The number of benzene rings is 1. The summed E-state index contributed by atoms with van der Waals surface area (Å²) in [5.74, 6) is 0.0994. The Morgan fingerprint density at radius 3 is 2.52 bits per heavy atom. The van der Waals surface area contributed by atoms with Crippen LogP contribution < -0.4 is 0 Å². The van der Waals surface area contributed by atoms with Crippen molar-refractivity contribution in [3.05, 3.63) is 41.6 Å². The summed E-state index contributed by atoms with van der Waals surface area (Å²) in [5.41, 5.74) is 3.21. The molecule has 1 amide bonds. The molecule has 2 aliphatic rings. The van der Waals surface area contributed by atoms with Crippen LogP contribution in [0.3, 0.4) is 0 Å². The van der Waals surface area contributed by atoms with E-state index in [1.807, 2.05) is 31.2 Å². The van der Waals surface area contributed by atoms with Crippen molar-refractivity contribution < 1.29 is 17.9 Å². The number of hydrogen-bond donors (Lipinski definition) is 0. The Morgan fingerprint density at radius 1 is 1.19 bits per heavy atom. The predicted octanol–water partition coefficient (Wildman–Crippen LogP) is 1.69. The number of amides is 1. The molecule has 0 aliphatic carbocycles. The molecule has 2 aliphatic heterocycles. The maximum Gasteiger partial charge on any atom is 0.274 e. The molecule has 1 aromatic heterocycles. The summed E-state index contributed by atoms with van der Waals surface area (Å²) in [6.45, 7) is 4.15. The topological polar surface area (TPSA) is 81.5 Å². The third kappa shape index (κ3) is 3.77. The van der Waals surface area contributed by atoms with Gasteiger partial charge in [-0.15, -0.1) is 0 Å². The standard InChI is InChI=1S/C19H23N3O4S/c1-14-2-4-15(5-3-14)18-12-17(19(23)21-7-9-26-10-8-21)20-22(18)16-6-11-27(24,25)13-16/h2-5,12,16H,6-11,13H2,1H3/t16-/m1/s1. The number of nitrogens with zero attached hydrogens (tertiary/aromatic N) is 3. The minimum absolute atomic E-state index is 0.0682. The number of rotatable bonds is 3. The number of hydrogen-bond acceptors (Lipinski definition) is 5. The molecule has 0 radical (unpaired) electrons. The minimum atomic E-state index is -3.05. The molecule has 2 fully saturated rings. The number of aromatic nitrogens is 2. The van der Waals surface area contributed by atoms with Crippen LogP contribution in [0.1, 0.15) is 28.5 Å². The molecule has 1 atom stereocenters. The summed E-state index contributed by atoms with van der Waals surface area (Å²) in [6, 6.07) is 9.51. The zero-order chi connectivity index (χ0) is 19.0. The molecule has 0 saturated carbocycles. The predicted molar refractivity (Wildman–Crippen MR) is 101 cm³/mol. The molecule has 144 valence electrons. The van der Waals surface area contributed by atoms with Gasteiger partial charge in [0.1, 0.15) is 0 Å². The van der Waals surface area contributed by atoms with Gasteiger partial charge in [-0.25, -0.2) is 8.42 Å². The van der Waals surface area contributed by atoms with Gasteiger partial charge < -0.3 is 9.64 Å². The van der Waals surface area contributed by atoms with Crippen LogP contribution in [0.25, 0.3) is 11.3 Å². The van der Waals surface area contributed by atoms with Crippen LogP contribution in [0.15, 0.2) is 30.3 Å². The number of aryl methyl sites for hydroxylation is 1. The lowest BCUT2D eigenvalue weighted by Crippen LogP contribution is -2.40. The molecule has 7 nitrogen and oxygen atoms in total. The Bertz CT molecular complexity index is 944. The van der Waals surface area contributed by atoms with E-state index in [4.69, 9.17) is 4.74 Å². The second kappa shape index (κ2) is 7.09. The summed E-state index contributed by atoms with van der Waals surface area (Å²) >= 11 is 0. The third-order valence-corrected chi connectivity index (χ3v) is 6.91. The minimum Gasteiger partial charge on any atom is -0.378 e. The van der Waals surface area contributed by atoms with Crippen LogP contribution in [0.2, 0.25) is 0 Å². The maximum atomic E-state index is 12.9. The lowest BCUT2D eigenvalue weighted by Gasteiger charge is -2.25. The van der Waals surface area contributed by atoms with E-state index in [0.29, 0.717) is 38.4 Å². The number of ether oxygens (including phenoxy) is 1. The van der Waals surface area contributed by atoms with Gasteiger partial charge in [-0.05, 0) is 25.0 Å². The number of carbonyl (C=O) groups is 1. The summed E-state index contributed by atoms with van der Waals surface area (Å²) < 4.78 is 31.0. The van der Waals surface area contributed by atoms with Crippen LogP contribution in [0, 0.1) is 6.92 Å². The fourth-order valence-electron chi connectivity index (χ4n) is 3.61. The van der Waals surface area contributed by atoms with Gasteiger partial charge in [0.15, 0.2) is 15.5 Å². The van der Waals surface area contributed by atoms with Gasteiger partial charge in [-0.1, -0.05) is 29.8 Å². The molecule has 2 aromatic rings. The summed E-state index contributed by atoms with van der Waals surface area (Å²) in [6.07, 6.45) is 0.522. The van der Waals surface area contributed by atoms with Crippen LogP contribution in [-0.2, 0) is 14.6 Å². The normalized spacial score (nSPS) is 22.1. The largest absolute Gasteiger partial charge is 0.378 e. The van der Waals surface area contributed by atoms with Crippen LogP contribution in [-0.4, -0.2) is 66.8 Å². The first kappa shape index (κ1) is 18.2. The summed E-state index contributed by atoms with van der Waals surface area (Å²) in [4.78, 5) is 14.6. The Kier molecular flexibility index (Phi) is 4.77. The van der Waals surface area contributed by atoms with Crippen LogP contribution in [0.4, 0.5) is 0 Å². The van der Waals surface area contributed by atoms with Crippen molar-refractivity contribution in [2.75, 3.05) is 37.8 Å². The zero-order valence-electron chi connectivity index (χ0n) is 15.3. The van der Waals surface area contributed by atoms with E-state index in [1.54, 1.807) is 15.6 Å². The van der Waals surface area contributed by atoms with Gasteiger partial charge in [-0.3, -0.25) is 9.48 Å². The van der Waals surface area contributed by atoms with Crippen LogP contribution in [0.5, 0.6) is 0 Å². The van der Waals surface area contributed by atoms with Crippen molar-refractivity contribution in [3.8, 4) is 11.3 Å². The molecule has 8 heteroatoms. The zero-order valence-corrected chi connectivity index (χ0v) is 16.1. The Hall–Kier alpha value is -2.19. The monoisotopic (exact) mass is 389 g/mol. The first-order valence-corrected chi connectivity index (χ1v) is 11.0. The lowest BCUT2D eigenvalue weighted by atomic mass is 10.1. The van der Waals surface area contributed by atoms with Gasteiger partial charge >= 0.3 is 0 Å². The Balaban J connectivity index is 1.72. The van der Waals surface area contributed by atoms with E-state index >= 15 is 0 Å². The van der Waals surface area contributed by atoms with Crippen molar-refractivity contribution in [1.82, 2.24) is 14.7 Å². The first-order chi connectivity index (χ1) is 12.9. The Morgan fingerprint density at radius 2 is 1.89 bits per heavy atom. The highest BCUT2D eigenvalue weighted by Crippen LogP contribution is 2.30. The molecular formula is C19H23N3O4S. The molecular weight excluding hydrogens is 366 g/mol. The highest BCUT2D eigenvalue weighted by molar-refractivity contribution is 7.91. The van der Waals surface area contributed by atoms with Gasteiger partial charge in [0.2, 0.25) is 0 Å². The quantitative estimate of drug-likeness (QED) is 0.798. The average Bonchev–Trinajstić information content (AvgIpc) is 3.26. The fraction of sp³-hybridized carbons (Fsp3) is 0.474. The number of morpholine rings is 1. The highest BCUT2D eigenvalue weighted by atomic mass is 32.2. The molecule has 2 saturated heterocycles. The molecule has 0 spiro atoms. The van der Waals surface area contributed by atoms with E-state index in [0.717, 1.165) is 16.8 Å². The van der Waals surface area contributed by atoms with E-state index in [-0.39, 0.29) is 23.5 Å². The SMILES string of the molecule is Cc1ccc(-c2cc(C(=O)N3CCOCC3)nn2[C@@H]2CCS(=O)(=O)C2)cc1. The Labute approximate surface area is 158 Å². The van der Waals surface area contributed by atoms with E-state index in [9.17, 15) is 13.2 Å². The van der Waals surface area contributed by atoms with Gasteiger partial charge in [0.25, 0.3) is 5.91 Å². The van der Waals surface area contributed by atoms with Crippen LogP contribution >= 0.6 is 0 Å².